The van der Waals surface area contributed by atoms with Gasteiger partial charge in [-0.2, -0.15) is 0 Å². The third-order valence-electron chi connectivity index (χ3n) is 4.45. The molecule has 3 unspecified atom stereocenters. The zero-order valence-electron chi connectivity index (χ0n) is 14.7. The Morgan fingerprint density at radius 2 is 1.70 bits per heavy atom. The maximum absolute atomic E-state index is 4.32. The van der Waals surface area contributed by atoms with Crippen LogP contribution in [0.1, 0.15) is 60.3 Å². The van der Waals surface area contributed by atoms with E-state index >= 15 is 0 Å². The molecule has 0 aliphatic rings. The lowest BCUT2D eigenvalue weighted by atomic mass is 9.55. The number of nitrogens with zero attached hydrogens (tertiary/aromatic N) is 1. The van der Waals surface area contributed by atoms with E-state index in [-0.39, 0.29) is 0 Å². The predicted octanol–water partition coefficient (Wildman–Crippen LogP) is 5.33. The first-order chi connectivity index (χ1) is 9.35. The number of allylic oxidation sites excluding steroid dienone is 2. The summed E-state index contributed by atoms with van der Waals surface area (Å²) in [5.74, 6) is 1.90. The molecule has 0 aliphatic carbocycles. The smallest absolute Gasteiger partial charge is 0.148 e. The fraction of sp³-hybridized carbons (Fsp3) is 0.778. The Hall–Kier alpha value is -0.655. The van der Waals surface area contributed by atoms with Crippen molar-refractivity contribution in [1.29, 1.82) is 0 Å². The molecule has 0 aromatic rings. The first-order valence-electron chi connectivity index (χ1n) is 8.28. The SMILES string of the molecule is C=C([B]C(CC)CC(C)C(=C)N(C)CC(C)CC)CC. The molecule has 20 heavy (non-hydrogen) atoms. The van der Waals surface area contributed by atoms with Crippen molar-refractivity contribution in [2.45, 2.75) is 66.1 Å². The molecule has 1 nitrogen and oxygen atoms in total. The van der Waals surface area contributed by atoms with Gasteiger partial charge in [0.05, 0.1) is 0 Å². The third kappa shape index (κ3) is 7.21. The van der Waals surface area contributed by atoms with Crippen LogP contribution in [0.5, 0.6) is 0 Å². The Morgan fingerprint density at radius 3 is 2.15 bits per heavy atom. The van der Waals surface area contributed by atoms with E-state index in [4.69, 9.17) is 0 Å². The zero-order chi connectivity index (χ0) is 15.7. The van der Waals surface area contributed by atoms with Crippen molar-refractivity contribution < 1.29 is 0 Å². The third-order valence-corrected chi connectivity index (χ3v) is 4.45. The maximum Gasteiger partial charge on any atom is 0.148 e. The topological polar surface area (TPSA) is 3.24 Å². The van der Waals surface area contributed by atoms with E-state index in [0.717, 1.165) is 18.9 Å². The fourth-order valence-corrected chi connectivity index (χ4v) is 2.48. The van der Waals surface area contributed by atoms with E-state index in [0.29, 0.717) is 11.7 Å². The van der Waals surface area contributed by atoms with Crippen LogP contribution in [0.4, 0.5) is 0 Å². The van der Waals surface area contributed by atoms with E-state index < -0.39 is 0 Å². The summed E-state index contributed by atoms with van der Waals surface area (Å²) >= 11 is 0. The van der Waals surface area contributed by atoms with Crippen molar-refractivity contribution in [2.75, 3.05) is 13.6 Å². The Balaban J connectivity index is 4.38. The molecule has 0 heterocycles. The van der Waals surface area contributed by atoms with Gasteiger partial charge in [0.1, 0.15) is 7.28 Å². The molecule has 0 saturated carbocycles. The second kappa shape index (κ2) is 10.1. The van der Waals surface area contributed by atoms with Crippen molar-refractivity contribution in [2.24, 2.45) is 11.8 Å². The van der Waals surface area contributed by atoms with Gasteiger partial charge in [-0.05, 0) is 24.7 Å². The van der Waals surface area contributed by atoms with Crippen molar-refractivity contribution in [1.82, 2.24) is 4.90 Å². The maximum atomic E-state index is 4.32. The summed E-state index contributed by atoms with van der Waals surface area (Å²) in [5.41, 5.74) is 2.54. The van der Waals surface area contributed by atoms with Crippen LogP contribution in [0.3, 0.4) is 0 Å². The van der Waals surface area contributed by atoms with Crippen molar-refractivity contribution in [3.8, 4) is 0 Å². The summed E-state index contributed by atoms with van der Waals surface area (Å²) in [7, 11) is 4.54. The summed E-state index contributed by atoms with van der Waals surface area (Å²) in [4.78, 5) is 2.35. The van der Waals surface area contributed by atoms with Crippen LogP contribution in [0.25, 0.3) is 0 Å². The van der Waals surface area contributed by atoms with Gasteiger partial charge in [0, 0.05) is 19.3 Å². The summed E-state index contributed by atoms with van der Waals surface area (Å²) in [6, 6.07) is 0. The minimum Gasteiger partial charge on any atom is -0.378 e. The molecule has 0 spiro atoms. The molecule has 0 bridgehead atoms. The molecule has 0 amide bonds. The van der Waals surface area contributed by atoms with Crippen LogP contribution < -0.4 is 0 Å². The Labute approximate surface area is 128 Å². The summed E-state index contributed by atoms with van der Waals surface area (Å²) < 4.78 is 0. The van der Waals surface area contributed by atoms with E-state index in [9.17, 15) is 0 Å². The molecule has 0 N–H and O–H groups in total. The van der Waals surface area contributed by atoms with Crippen molar-refractivity contribution >= 4 is 7.28 Å². The van der Waals surface area contributed by atoms with Gasteiger partial charge in [-0.1, -0.05) is 59.9 Å². The molecule has 0 saturated heterocycles. The first kappa shape index (κ1) is 19.3. The second-order valence-corrected chi connectivity index (χ2v) is 6.37. The molecule has 0 aromatic carbocycles. The predicted molar refractivity (Wildman–Crippen MR) is 94.2 cm³/mol. The van der Waals surface area contributed by atoms with Crippen LogP contribution in [-0.4, -0.2) is 25.8 Å². The average Bonchev–Trinajstić information content (AvgIpc) is 2.44. The quantitative estimate of drug-likeness (QED) is 0.461. The monoisotopic (exact) mass is 276 g/mol. The lowest BCUT2D eigenvalue weighted by Crippen LogP contribution is -2.27. The van der Waals surface area contributed by atoms with Gasteiger partial charge in [0.15, 0.2) is 0 Å². The lowest BCUT2D eigenvalue weighted by molar-refractivity contribution is 0.305. The van der Waals surface area contributed by atoms with E-state index in [1.54, 1.807) is 0 Å². The molecular formula is C18H35BN. The molecule has 0 aliphatic heterocycles. The molecule has 2 heteroatoms. The average molecular weight is 276 g/mol. The minimum absolute atomic E-state index is 0.537. The highest BCUT2D eigenvalue weighted by atomic mass is 15.1. The zero-order valence-corrected chi connectivity index (χ0v) is 14.7. The number of hydrogen-bond donors (Lipinski definition) is 0. The van der Waals surface area contributed by atoms with Gasteiger partial charge in [-0.15, -0.1) is 12.1 Å². The Bertz CT molecular complexity index is 298. The van der Waals surface area contributed by atoms with Crippen LogP contribution >= 0.6 is 0 Å². The van der Waals surface area contributed by atoms with Gasteiger partial charge >= 0.3 is 0 Å². The molecule has 1 radical (unpaired) electrons. The minimum atomic E-state index is 0.537. The van der Waals surface area contributed by atoms with Gasteiger partial charge in [0.2, 0.25) is 0 Å². The van der Waals surface area contributed by atoms with Crippen LogP contribution in [-0.2, 0) is 0 Å². The van der Waals surface area contributed by atoms with Gasteiger partial charge in [0.25, 0.3) is 0 Å². The summed E-state index contributed by atoms with van der Waals surface area (Å²) in [5, 5.41) is 0. The first-order valence-corrected chi connectivity index (χ1v) is 8.28. The highest BCUT2D eigenvalue weighted by Gasteiger charge is 2.18. The van der Waals surface area contributed by atoms with Crippen molar-refractivity contribution in [3.05, 3.63) is 24.3 Å². The molecular weight excluding hydrogens is 241 g/mol. The van der Waals surface area contributed by atoms with Crippen LogP contribution in [0.2, 0.25) is 5.82 Å². The standard InChI is InChI=1S/C18H35BN/c1-9-14(4)13-20(8)17(7)15(5)12-18(11-3)19-16(6)10-2/h14-15,18H,6-7,9-13H2,1-5,8H3. The number of rotatable bonds is 11. The molecule has 115 valence electrons. The lowest BCUT2D eigenvalue weighted by Gasteiger charge is -2.30. The van der Waals surface area contributed by atoms with Gasteiger partial charge in [-0.25, -0.2) is 0 Å². The summed E-state index contributed by atoms with van der Waals surface area (Å²) in [6.07, 6.45) is 4.65. The van der Waals surface area contributed by atoms with Crippen LogP contribution in [0, 0.1) is 11.8 Å². The van der Waals surface area contributed by atoms with Crippen LogP contribution in [0.15, 0.2) is 24.3 Å². The molecule has 0 fully saturated rings. The highest BCUT2D eigenvalue weighted by molar-refractivity contribution is 6.46. The van der Waals surface area contributed by atoms with Crippen molar-refractivity contribution in [3.63, 3.8) is 0 Å². The second-order valence-electron chi connectivity index (χ2n) is 6.37. The Morgan fingerprint density at radius 1 is 1.10 bits per heavy atom. The van der Waals surface area contributed by atoms with Gasteiger partial charge < -0.3 is 4.90 Å². The Kier molecular flexibility index (Phi) is 9.80. The summed E-state index contributed by atoms with van der Waals surface area (Å²) in [6.45, 7) is 20.8. The van der Waals surface area contributed by atoms with E-state index in [2.05, 4.69) is 67.0 Å². The fourth-order valence-electron chi connectivity index (χ4n) is 2.48. The van der Waals surface area contributed by atoms with E-state index in [1.165, 1.54) is 30.4 Å². The normalized spacial score (nSPS) is 15.3. The molecule has 3 atom stereocenters. The largest absolute Gasteiger partial charge is 0.378 e. The molecule has 0 rings (SSSR count). The van der Waals surface area contributed by atoms with E-state index in [1.807, 2.05) is 0 Å². The van der Waals surface area contributed by atoms with Gasteiger partial charge in [-0.3, -0.25) is 0 Å². The molecule has 0 aromatic heterocycles. The highest BCUT2D eigenvalue weighted by Crippen LogP contribution is 2.28. The number of hydrogen-bond acceptors (Lipinski definition) is 1.